The van der Waals surface area contributed by atoms with Crippen LogP contribution in [0.2, 0.25) is 0 Å². The fourth-order valence-electron chi connectivity index (χ4n) is 2.01. The third-order valence-electron chi connectivity index (χ3n) is 3.06. The molecule has 0 bridgehead atoms. The highest BCUT2D eigenvalue weighted by molar-refractivity contribution is 7.13. The Morgan fingerprint density at radius 2 is 2.10 bits per heavy atom. The number of hydrogen-bond acceptors (Lipinski definition) is 5. The summed E-state index contributed by atoms with van der Waals surface area (Å²) in [7, 11) is 0. The van der Waals surface area contributed by atoms with Crippen LogP contribution in [0.1, 0.15) is 42.4 Å². The Morgan fingerprint density at radius 3 is 2.62 bits per heavy atom. The summed E-state index contributed by atoms with van der Waals surface area (Å²) in [6, 6.07) is 7.70. The van der Waals surface area contributed by atoms with Crippen molar-refractivity contribution in [2.75, 3.05) is 12.3 Å². The lowest BCUT2D eigenvalue weighted by Gasteiger charge is -2.17. The summed E-state index contributed by atoms with van der Waals surface area (Å²) in [4.78, 5) is 16.1. The number of anilines is 1. The van der Waals surface area contributed by atoms with Crippen LogP contribution in [0, 0.1) is 0 Å². The molecule has 0 aliphatic carbocycles. The number of aromatic nitrogens is 1. The van der Waals surface area contributed by atoms with Crippen molar-refractivity contribution >= 4 is 22.4 Å². The van der Waals surface area contributed by atoms with Crippen LogP contribution in [0.25, 0.3) is 0 Å². The van der Waals surface area contributed by atoms with E-state index in [9.17, 15) is 4.79 Å². The zero-order valence-corrected chi connectivity index (χ0v) is 12.9. The third kappa shape index (κ3) is 3.95. The number of ether oxygens (including phenoxy) is 1. The maximum atomic E-state index is 12.1. The van der Waals surface area contributed by atoms with Crippen molar-refractivity contribution in [2.45, 2.75) is 26.3 Å². The van der Waals surface area contributed by atoms with Crippen LogP contribution in [0.3, 0.4) is 0 Å². The number of carbonyl (C=O) groups is 1. The van der Waals surface area contributed by atoms with Crippen molar-refractivity contribution in [3.8, 4) is 5.75 Å². The molecule has 1 atom stereocenters. The minimum absolute atomic E-state index is 0.0592. The summed E-state index contributed by atoms with van der Waals surface area (Å²) < 4.78 is 5.42. The molecule has 2 rings (SSSR count). The fourth-order valence-corrected chi connectivity index (χ4v) is 2.55. The summed E-state index contributed by atoms with van der Waals surface area (Å²) >= 11 is 1.26. The maximum Gasteiger partial charge on any atom is 0.271 e. The molecule has 0 radical (unpaired) electrons. The second kappa shape index (κ2) is 7.08. The Kier molecular flexibility index (Phi) is 5.16. The van der Waals surface area contributed by atoms with Gasteiger partial charge in [0.15, 0.2) is 5.13 Å². The molecule has 6 heteroatoms. The highest BCUT2D eigenvalue weighted by Gasteiger charge is 2.16. The van der Waals surface area contributed by atoms with E-state index in [1.54, 1.807) is 5.38 Å². The van der Waals surface area contributed by atoms with E-state index in [-0.39, 0.29) is 11.9 Å². The van der Waals surface area contributed by atoms with Crippen LogP contribution in [0.15, 0.2) is 29.6 Å². The van der Waals surface area contributed by atoms with E-state index in [0.29, 0.717) is 17.4 Å². The third-order valence-corrected chi connectivity index (χ3v) is 3.74. The molecule has 5 nitrogen and oxygen atoms in total. The zero-order chi connectivity index (χ0) is 15.2. The van der Waals surface area contributed by atoms with Crippen LogP contribution in [0.5, 0.6) is 5.75 Å². The van der Waals surface area contributed by atoms with Gasteiger partial charge in [-0.05, 0) is 31.0 Å². The van der Waals surface area contributed by atoms with Gasteiger partial charge in [-0.1, -0.05) is 19.1 Å². The number of thiazole rings is 1. The van der Waals surface area contributed by atoms with Crippen molar-refractivity contribution in [3.05, 3.63) is 40.9 Å². The topological polar surface area (TPSA) is 77.2 Å². The number of nitrogen functional groups attached to an aromatic ring is 1. The first-order valence-electron chi connectivity index (χ1n) is 6.88. The van der Waals surface area contributed by atoms with Gasteiger partial charge in [0.2, 0.25) is 0 Å². The fraction of sp³-hybridized carbons (Fsp3) is 0.333. The van der Waals surface area contributed by atoms with Gasteiger partial charge < -0.3 is 15.8 Å². The molecule has 0 fully saturated rings. The summed E-state index contributed by atoms with van der Waals surface area (Å²) in [6.45, 7) is 4.61. The maximum absolute atomic E-state index is 12.1. The molecular formula is C15H19N3O2S. The van der Waals surface area contributed by atoms with Crippen LogP contribution >= 0.6 is 11.3 Å². The second-order valence-electron chi connectivity index (χ2n) is 4.51. The first-order valence-corrected chi connectivity index (χ1v) is 7.76. The van der Waals surface area contributed by atoms with Gasteiger partial charge >= 0.3 is 0 Å². The van der Waals surface area contributed by atoms with Gasteiger partial charge in [-0.25, -0.2) is 4.98 Å². The van der Waals surface area contributed by atoms with E-state index < -0.39 is 0 Å². The van der Waals surface area contributed by atoms with Gasteiger partial charge in [0.25, 0.3) is 5.91 Å². The molecule has 112 valence electrons. The van der Waals surface area contributed by atoms with Crippen LogP contribution in [-0.4, -0.2) is 17.5 Å². The quantitative estimate of drug-likeness (QED) is 0.860. The van der Waals surface area contributed by atoms with Crippen LogP contribution < -0.4 is 15.8 Å². The molecule has 21 heavy (non-hydrogen) atoms. The molecule has 0 spiro atoms. The molecule has 2 aromatic rings. The number of carbonyl (C=O) groups excluding carboxylic acids is 1. The monoisotopic (exact) mass is 305 g/mol. The van der Waals surface area contributed by atoms with Gasteiger partial charge in [0, 0.05) is 5.38 Å². The normalized spacial score (nSPS) is 11.9. The van der Waals surface area contributed by atoms with Crippen molar-refractivity contribution in [3.63, 3.8) is 0 Å². The molecule has 0 aliphatic heterocycles. The van der Waals surface area contributed by atoms with Crippen molar-refractivity contribution in [2.24, 2.45) is 0 Å². The minimum atomic E-state index is -0.205. The molecule has 1 aromatic carbocycles. The van der Waals surface area contributed by atoms with E-state index in [4.69, 9.17) is 10.5 Å². The number of nitrogens with one attached hydrogen (secondary N) is 1. The first-order chi connectivity index (χ1) is 10.1. The Balaban J connectivity index is 2.07. The van der Waals surface area contributed by atoms with Gasteiger partial charge in [-0.3, -0.25) is 4.79 Å². The molecule has 3 N–H and O–H groups in total. The lowest BCUT2D eigenvalue weighted by atomic mass is 10.0. The largest absolute Gasteiger partial charge is 0.494 e. The molecular weight excluding hydrogens is 286 g/mol. The lowest BCUT2D eigenvalue weighted by molar-refractivity contribution is 0.0931. The van der Waals surface area contributed by atoms with E-state index in [1.807, 2.05) is 38.1 Å². The Bertz CT molecular complexity index is 595. The second-order valence-corrected chi connectivity index (χ2v) is 5.40. The molecule has 1 amide bonds. The predicted molar refractivity (Wildman–Crippen MR) is 84.6 cm³/mol. The number of hydrogen-bond donors (Lipinski definition) is 2. The van der Waals surface area contributed by atoms with Gasteiger partial charge in [0.1, 0.15) is 11.4 Å². The van der Waals surface area contributed by atoms with Gasteiger partial charge in [-0.2, -0.15) is 0 Å². The summed E-state index contributed by atoms with van der Waals surface area (Å²) in [6.07, 6.45) is 0.791. The highest BCUT2D eigenvalue weighted by Crippen LogP contribution is 2.21. The Labute approximate surface area is 128 Å². The van der Waals surface area contributed by atoms with E-state index in [0.717, 1.165) is 17.7 Å². The number of amides is 1. The number of rotatable bonds is 6. The van der Waals surface area contributed by atoms with Crippen LogP contribution in [0.4, 0.5) is 5.13 Å². The van der Waals surface area contributed by atoms with Crippen molar-refractivity contribution in [1.29, 1.82) is 0 Å². The molecule has 0 unspecified atom stereocenters. The SMILES string of the molecule is CCOc1ccc([C@H](CC)NC(=O)c2csc(N)n2)cc1. The smallest absolute Gasteiger partial charge is 0.271 e. The Morgan fingerprint density at radius 1 is 1.38 bits per heavy atom. The molecule has 0 saturated heterocycles. The summed E-state index contributed by atoms with van der Waals surface area (Å²) in [5, 5.41) is 5.03. The molecule has 1 heterocycles. The number of nitrogens with zero attached hydrogens (tertiary/aromatic N) is 1. The zero-order valence-electron chi connectivity index (χ0n) is 12.1. The van der Waals surface area contributed by atoms with E-state index in [1.165, 1.54) is 11.3 Å². The molecule has 0 saturated carbocycles. The minimum Gasteiger partial charge on any atom is -0.494 e. The summed E-state index contributed by atoms with van der Waals surface area (Å²) in [5.74, 6) is 0.624. The highest BCUT2D eigenvalue weighted by atomic mass is 32.1. The number of benzene rings is 1. The van der Waals surface area contributed by atoms with Gasteiger partial charge in [-0.15, -0.1) is 11.3 Å². The van der Waals surface area contributed by atoms with Crippen molar-refractivity contribution in [1.82, 2.24) is 10.3 Å². The first kappa shape index (κ1) is 15.3. The molecule has 0 aliphatic rings. The standard InChI is InChI=1S/C15H19N3O2S/c1-3-12(10-5-7-11(8-6-10)20-4-2)17-14(19)13-9-21-15(16)18-13/h5-9,12H,3-4H2,1-2H3,(H2,16,18)(H,17,19)/t12-/m0/s1. The number of nitrogens with two attached hydrogens (primary N) is 1. The Hall–Kier alpha value is -2.08. The van der Waals surface area contributed by atoms with Gasteiger partial charge in [0.05, 0.1) is 12.6 Å². The van der Waals surface area contributed by atoms with Crippen LogP contribution in [-0.2, 0) is 0 Å². The van der Waals surface area contributed by atoms with E-state index >= 15 is 0 Å². The summed E-state index contributed by atoms with van der Waals surface area (Å²) in [5.41, 5.74) is 6.95. The lowest BCUT2D eigenvalue weighted by Crippen LogP contribution is -2.28. The average molecular weight is 305 g/mol. The molecule has 1 aromatic heterocycles. The van der Waals surface area contributed by atoms with Crippen molar-refractivity contribution < 1.29 is 9.53 Å². The average Bonchev–Trinajstić information content (AvgIpc) is 2.92. The van der Waals surface area contributed by atoms with E-state index in [2.05, 4.69) is 10.3 Å². The predicted octanol–water partition coefficient (Wildman–Crippen LogP) is 3.01.